The van der Waals surface area contributed by atoms with Crippen LogP contribution >= 0.6 is 15.9 Å². The lowest BCUT2D eigenvalue weighted by Crippen LogP contribution is -2.50. The molecule has 1 aliphatic rings. The summed E-state index contributed by atoms with van der Waals surface area (Å²) in [4.78, 5) is 12.2. The topological polar surface area (TPSA) is 38.3 Å². The van der Waals surface area contributed by atoms with Crippen molar-refractivity contribution in [1.29, 1.82) is 0 Å². The minimum atomic E-state index is -0.373. The third-order valence-electron chi connectivity index (χ3n) is 3.46. The normalized spacial score (nSPS) is 27.2. The molecule has 3 nitrogen and oxygen atoms in total. The Bertz CT molecular complexity index is 480. The van der Waals surface area contributed by atoms with Crippen LogP contribution in [0, 0.1) is 5.82 Å². The van der Waals surface area contributed by atoms with Crippen LogP contribution in [-0.4, -0.2) is 24.2 Å². The van der Waals surface area contributed by atoms with E-state index < -0.39 is 0 Å². The molecule has 2 rings (SSSR count). The van der Waals surface area contributed by atoms with E-state index in [1.807, 2.05) is 13.8 Å². The van der Waals surface area contributed by atoms with Crippen LogP contribution in [0.1, 0.15) is 30.6 Å². The second kappa shape index (κ2) is 4.97. The highest BCUT2D eigenvalue weighted by molar-refractivity contribution is 9.10. The van der Waals surface area contributed by atoms with E-state index in [9.17, 15) is 9.18 Å². The summed E-state index contributed by atoms with van der Waals surface area (Å²) in [6.07, 6.45) is 0.749. The van der Waals surface area contributed by atoms with Crippen molar-refractivity contribution in [2.24, 2.45) is 0 Å². The van der Waals surface area contributed by atoms with Gasteiger partial charge in [-0.15, -0.1) is 0 Å². The lowest BCUT2D eigenvalue weighted by atomic mass is 9.94. The van der Waals surface area contributed by atoms with Crippen molar-refractivity contribution >= 4 is 21.8 Å². The molecule has 0 saturated carbocycles. The first-order chi connectivity index (χ1) is 8.42. The minimum absolute atomic E-state index is 0.0272. The molecule has 0 radical (unpaired) electrons. The van der Waals surface area contributed by atoms with E-state index >= 15 is 0 Å². The van der Waals surface area contributed by atoms with E-state index in [0.717, 1.165) is 6.42 Å². The third-order valence-corrected chi connectivity index (χ3v) is 4.12. The van der Waals surface area contributed by atoms with Gasteiger partial charge in [-0.05, 0) is 54.4 Å². The molecule has 2 unspecified atom stereocenters. The Labute approximate surface area is 114 Å². The summed E-state index contributed by atoms with van der Waals surface area (Å²) in [5, 5.41) is 2.97. The molecule has 0 aliphatic carbocycles. The molecule has 2 atom stereocenters. The highest BCUT2D eigenvalue weighted by atomic mass is 79.9. The van der Waals surface area contributed by atoms with Gasteiger partial charge in [0.15, 0.2) is 0 Å². The first-order valence-electron chi connectivity index (χ1n) is 5.81. The van der Waals surface area contributed by atoms with Crippen molar-refractivity contribution < 1.29 is 13.9 Å². The van der Waals surface area contributed by atoms with Crippen molar-refractivity contribution in [3.63, 3.8) is 0 Å². The molecule has 1 aromatic carbocycles. The van der Waals surface area contributed by atoms with E-state index in [2.05, 4.69) is 21.2 Å². The smallest absolute Gasteiger partial charge is 0.252 e. The fourth-order valence-electron chi connectivity index (χ4n) is 2.00. The van der Waals surface area contributed by atoms with Gasteiger partial charge in [0, 0.05) is 11.1 Å². The van der Waals surface area contributed by atoms with Crippen LogP contribution in [0.25, 0.3) is 0 Å². The van der Waals surface area contributed by atoms with E-state index in [4.69, 9.17) is 4.74 Å². The molecule has 1 aromatic rings. The van der Waals surface area contributed by atoms with E-state index in [-0.39, 0.29) is 23.4 Å². The molecule has 18 heavy (non-hydrogen) atoms. The molecule has 1 saturated heterocycles. The zero-order valence-electron chi connectivity index (χ0n) is 10.3. The number of carbonyl (C=O) groups is 1. The summed E-state index contributed by atoms with van der Waals surface area (Å²) >= 11 is 3.20. The van der Waals surface area contributed by atoms with Crippen LogP contribution in [0.3, 0.4) is 0 Å². The van der Waals surface area contributed by atoms with Gasteiger partial charge in [0.1, 0.15) is 5.82 Å². The molecule has 1 amide bonds. The maximum atomic E-state index is 13.0. The number of halogens is 2. The van der Waals surface area contributed by atoms with Gasteiger partial charge in [0.25, 0.3) is 5.91 Å². The summed E-state index contributed by atoms with van der Waals surface area (Å²) in [6.45, 7) is 4.54. The third kappa shape index (κ3) is 2.57. The maximum absolute atomic E-state index is 13.0. The predicted octanol–water partition coefficient (Wildman–Crippen LogP) is 2.89. The molecule has 0 aromatic heterocycles. The summed E-state index contributed by atoms with van der Waals surface area (Å²) in [5.41, 5.74) is 0.0574. The summed E-state index contributed by atoms with van der Waals surface area (Å²) in [7, 11) is 0. The lowest BCUT2D eigenvalue weighted by molar-refractivity contribution is 0.0727. The second-order valence-electron chi connectivity index (χ2n) is 4.76. The molecular weight excluding hydrogens is 301 g/mol. The second-order valence-corrected chi connectivity index (χ2v) is 5.61. The molecular formula is C13H15BrFNO2. The quantitative estimate of drug-likeness (QED) is 0.911. The van der Waals surface area contributed by atoms with Crippen LogP contribution < -0.4 is 5.32 Å². The first-order valence-corrected chi connectivity index (χ1v) is 6.61. The van der Waals surface area contributed by atoms with Crippen LogP contribution in [0.2, 0.25) is 0 Å². The highest BCUT2D eigenvalue weighted by Gasteiger charge is 2.38. The van der Waals surface area contributed by atoms with Crippen LogP contribution in [0.4, 0.5) is 4.39 Å². The number of hydrogen-bond donors (Lipinski definition) is 1. The number of amides is 1. The summed E-state index contributed by atoms with van der Waals surface area (Å²) < 4.78 is 18.9. The maximum Gasteiger partial charge on any atom is 0.252 e. The highest BCUT2D eigenvalue weighted by Crippen LogP contribution is 2.26. The van der Waals surface area contributed by atoms with Crippen molar-refractivity contribution in [1.82, 2.24) is 5.32 Å². The largest absolute Gasteiger partial charge is 0.376 e. The van der Waals surface area contributed by atoms with Crippen LogP contribution in [0.15, 0.2) is 22.7 Å². The van der Waals surface area contributed by atoms with Gasteiger partial charge in [-0.1, -0.05) is 0 Å². The Kier molecular flexibility index (Phi) is 3.73. The van der Waals surface area contributed by atoms with Crippen molar-refractivity contribution in [2.45, 2.75) is 31.9 Å². The first kappa shape index (κ1) is 13.5. The molecule has 1 heterocycles. The van der Waals surface area contributed by atoms with Gasteiger partial charge in [-0.25, -0.2) is 4.39 Å². The molecule has 5 heteroatoms. The van der Waals surface area contributed by atoms with Gasteiger partial charge in [-0.3, -0.25) is 4.79 Å². The minimum Gasteiger partial charge on any atom is -0.376 e. The number of benzene rings is 1. The number of rotatable bonds is 2. The number of nitrogens with one attached hydrogen (secondary N) is 1. The molecule has 1 N–H and O–H groups in total. The molecule has 98 valence electrons. The van der Waals surface area contributed by atoms with E-state index in [0.29, 0.717) is 16.6 Å². The zero-order valence-corrected chi connectivity index (χ0v) is 11.9. The van der Waals surface area contributed by atoms with Gasteiger partial charge in [-0.2, -0.15) is 0 Å². The Morgan fingerprint density at radius 2 is 2.33 bits per heavy atom. The zero-order chi connectivity index (χ0) is 13.3. The Balaban J connectivity index is 2.17. The summed E-state index contributed by atoms with van der Waals surface area (Å²) in [6, 6.07) is 4.03. The van der Waals surface area contributed by atoms with Gasteiger partial charge >= 0.3 is 0 Å². The molecule has 0 spiro atoms. The standard InChI is InChI=1S/C13H15BrFNO2/c1-8-13(2,5-6-18-8)16-12(17)10-4-3-9(15)7-11(10)14/h3-4,7-8H,5-6H2,1-2H3,(H,16,17). The van der Waals surface area contributed by atoms with Gasteiger partial charge in [0.2, 0.25) is 0 Å². The molecule has 1 fully saturated rings. The average molecular weight is 316 g/mol. The lowest BCUT2D eigenvalue weighted by Gasteiger charge is -2.29. The van der Waals surface area contributed by atoms with E-state index in [1.54, 1.807) is 0 Å². The Morgan fingerprint density at radius 1 is 1.61 bits per heavy atom. The SMILES string of the molecule is CC1OCCC1(C)NC(=O)c1ccc(F)cc1Br. The number of ether oxygens (including phenoxy) is 1. The number of carbonyl (C=O) groups excluding carboxylic acids is 1. The fourth-order valence-corrected chi connectivity index (χ4v) is 2.53. The van der Waals surface area contributed by atoms with Crippen molar-refractivity contribution in [2.75, 3.05) is 6.61 Å². The van der Waals surface area contributed by atoms with E-state index in [1.165, 1.54) is 18.2 Å². The Hall–Kier alpha value is -0.940. The average Bonchev–Trinajstić information content (AvgIpc) is 2.58. The predicted molar refractivity (Wildman–Crippen MR) is 70.0 cm³/mol. The summed E-state index contributed by atoms with van der Waals surface area (Å²) in [5.74, 6) is -0.594. The van der Waals surface area contributed by atoms with Crippen LogP contribution in [0.5, 0.6) is 0 Å². The Morgan fingerprint density at radius 3 is 2.89 bits per heavy atom. The van der Waals surface area contributed by atoms with Crippen molar-refractivity contribution in [3.8, 4) is 0 Å². The molecule has 1 aliphatic heterocycles. The van der Waals surface area contributed by atoms with Crippen LogP contribution in [-0.2, 0) is 4.74 Å². The fraction of sp³-hybridized carbons (Fsp3) is 0.462. The monoisotopic (exact) mass is 315 g/mol. The van der Waals surface area contributed by atoms with Crippen molar-refractivity contribution in [3.05, 3.63) is 34.1 Å². The van der Waals surface area contributed by atoms with Gasteiger partial charge < -0.3 is 10.1 Å². The molecule has 0 bridgehead atoms. The number of hydrogen-bond acceptors (Lipinski definition) is 2. The van der Waals surface area contributed by atoms with Gasteiger partial charge in [0.05, 0.1) is 17.2 Å².